The van der Waals surface area contributed by atoms with Gasteiger partial charge >= 0.3 is 6.18 Å². The van der Waals surface area contributed by atoms with Gasteiger partial charge in [-0.1, -0.05) is 11.6 Å². The predicted octanol–water partition coefficient (Wildman–Crippen LogP) is 5.10. The number of alkyl halides is 3. The first-order valence-electron chi connectivity index (χ1n) is 5.60. The third-order valence-corrected chi connectivity index (χ3v) is 2.87. The summed E-state index contributed by atoms with van der Waals surface area (Å²) in [4.78, 5) is 10.9. The molecule has 0 aliphatic rings. The van der Waals surface area contributed by atoms with E-state index in [0.717, 1.165) is 24.3 Å². The summed E-state index contributed by atoms with van der Waals surface area (Å²) < 4.78 is 55.8. The molecular formula is C14H7ClF4O2. The molecule has 0 atom stereocenters. The maximum Gasteiger partial charge on any atom is 0.416 e. The van der Waals surface area contributed by atoms with Crippen LogP contribution in [0.5, 0.6) is 11.5 Å². The SMILES string of the molecule is O=Cc1cc(C(F)(F)F)ccc1Oc1ccc(F)cc1Cl. The number of ether oxygens (including phenoxy) is 1. The number of hydrogen-bond acceptors (Lipinski definition) is 2. The van der Waals surface area contributed by atoms with Crippen molar-refractivity contribution in [3.05, 3.63) is 58.4 Å². The molecule has 0 spiro atoms. The van der Waals surface area contributed by atoms with Crippen LogP contribution in [0.4, 0.5) is 17.6 Å². The Bertz CT molecular complexity index is 683. The van der Waals surface area contributed by atoms with E-state index in [-0.39, 0.29) is 28.4 Å². The highest BCUT2D eigenvalue weighted by atomic mass is 35.5. The van der Waals surface area contributed by atoms with E-state index in [9.17, 15) is 22.4 Å². The molecule has 21 heavy (non-hydrogen) atoms. The van der Waals surface area contributed by atoms with Crippen molar-refractivity contribution < 1.29 is 27.1 Å². The zero-order valence-electron chi connectivity index (χ0n) is 10.2. The van der Waals surface area contributed by atoms with Crippen LogP contribution in [0.2, 0.25) is 5.02 Å². The molecule has 2 nitrogen and oxygen atoms in total. The number of carbonyl (C=O) groups is 1. The molecule has 0 unspecified atom stereocenters. The van der Waals surface area contributed by atoms with Crippen molar-refractivity contribution in [3.8, 4) is 11.5 Å². The van der Waals surface area contributed by atoms with E-state index in [1.54, 1.807) is 0 Å². The molecule has 2 rings (SSSR count). The lowest BCUT2D eigenvalue weighted by atomic mass is 10.1. The number of hydrogen-bond donors (Lipinski definition) is 0. The number of benzene rings is 2. The topological polar surface area (TPSA) is 26.3 Å². The second-order valence-corrected chi connectivity index (χ2v) is 4.45. The Morgan fingerprint density at radius 2 is 1.71 bits per heavy atom. The van der Waals surface area contributed by atoms with Gasteiger partial charge in [0.1, 0.15) is 17.3 Å². The van der Waals surface area contributed by atoms with Gasteiger partial charge in [0.25, 0.3) is 0 Å². The van der Waals surface area contributed by atoms with E-state index >= 15 is 0 Å². The first-order chi connectivity index (χ1) is 9.81. The van der Waals surface area contributed by atoms with E-state index in [0.29, 0.717) is 6.07 Å². The Kier molecular flexibility index (Phi) is 4.18. The summed E-state index contributed by atoms with van der Waals surface area (Å²) in [6.07, 6.45) is -4.33. The van der Waals surface area contributed by atoms with Crippen molar-refractivity contribution in [3.63, 3.8) is 0 Å². The minimum absolute atomic E-state index is 0.0286. The molecule has 0 radical (unpaired) electrons. The van der Waals surface area contributed by atoms with Crippen molar-refractivity contribution in [1.29, 1.82) is 0 Å². The van der Waals surface area contributed by atoms with E-state index < -0.39 is 17.6 Å². The summed E-state index contributed by atoms with van der Waals surface area (Å²) in [5.74, 6) is -0.664. The molecule has 0 N–H and O–H groups in total. The molecule has 7 heteroatoms. The van der Waals surface area contributed by atoms with Crippen LogP contribution in [-0.2, 0) is 6.18 Å². The zero-order valence-corrected chi connectivity index (χ0v) is 11.0. The Balaban J connectivity index is 2.38. The molecule has 2 aromatic carbocycles. The van der Waals surface area contributed by atoms with Crippen LogP contribution < -0.4 is 4.74 Å². The number of carbonyl (C=O) groups excluding carboxylic acids is 1. The van der Waals surface area contributed by atoms with Gasteiger partial charge in [0.05, 0.1) is 16.1 Å². The molecule has 0 amide bonds. The summed E-state index contributed by atoms with van der Waals surface area (Å²) in [7, 11) is 0. The average molecular weight is 319 g/mol. The second kappa shape index (κ2) is 5.73. The minimum atomic E-state index is -4.57. The monoisotopic (exact) mass is 318 g/mol. The normalized spacial score (nSPS) is 11.3. The highest BCUT2D eigenvalue weighted by Gasteiger charge is 2.31. The Labute approximate surface area is 121 Å². The van der Waals surface area contributed by atoms with E-state index in [2.05, 4.69) is 0 Å². The van der Waals surface area contributed by atoms with Gasteiger partial charge in [-0.2, -0.15) is 13.2 Å². The fourth-order valence-corrected chi connectivity index (χ4v) is 1.79. The van der Waals surface area contributed by atoms with E-state index in [1.165, 1.54) is 6.07 Å². The molecule has 0 aromatic heterocycles. The van der Waals surface area contributed by atoms with Crippen molar-refractivity contribution in [1.82, 2.24) is 0 Å². The Hall–Kier alpha value is -2.08. The average Bonchev–Trinajstić information content (AvgIpc) is 2.41. The van der Waals surface area contributed by atoms with Crippen molar-refractivity contribution in [2.45, 2.75) is 6.18 Å². The molecular weight excluding hydrogens is 312 g/mol. The Morgan fingerprint density at radius 1 is 1.05 bits per heavy atom. The van der Waals surface area contributed by atoms with E-state index in [1.807, 2.05) is 0 Å². The van der Waals surface area contributed by atoms with Gasteiger partial charge in [-0.25, -0.2) is 4.39 Å². The predicted molar refractivity (Wildman–Crippen MR) is 68.3 cm³/mol. The van der Waals surface area contributed by atoms with Crippen molar-refractivity contribution in [2.24, 2.45) is 0 Å². The zero-order chi connectivity index (χ0) is 15.6. The third kappa shape index (κ3) is 3.52. The van der Waals surface area contributed by atoms with Crippen molar-refractivity contribution >= 4 is 17.9 Å². The Morgan fingerprint density at radius 3 is 2.29 bits per heavy atom. The van der Waals surface area contributed by atoms with E-state index in [4.69, 9.17) is 16.3 Å². The molecule has 0 fully saturated rings. The van der Waals surface area contributed by atoms with Crippen LogP contribution in [0.25, 0.3) is 0 Å². The highest BCUT2D eigenvalue weighted by molar-refractivity contribution is 6.32. The standard InChI is InChI=1S/C14H7ClF4O2/c15-11-6-10(16)2-4-13(11)21-12-3-1-9(14(17,18)19)5-8(12)7-20/h1-7H. The summed E-state index contributed by atoms with van der Waals surface area (Å²) in [5.41, 5.74) is -1.26. The first-order valence-corrected chi connectivity index (χ1v) is 5.98. The second-order valence-electron chi connectivity index (χ2n) is 4.05. The lowest BCUT2D eigenvalue weighted by Gasteiger charge is -2.12. The third-order valence-electron chi connectivity index (χ3n) is 2.58. The lowest BCUT2D eigenvalue weighted by Crippen LogP contribution is -2.06. The fraction of sp³-hybridized carbons (Fsp3) is 0.0714. The maximum absolute atomic E-state index is 12.9. The van der Waals surface area contributed by atoms with Gasteiger partial charge < -0.3 is 4.74 Å². The molecule has 0 heterocycles. The van der Waals surface area contributed by atoms with Crippen LogP contribution in [-0.4, -0.2) is 6.29 Å². The lowest BCUT2D eigenvalue weighted by molar-refractivity contribution is -0.137. The number of aldehydes is 1. The highest BCUT2D eigenvalue weighted by Crippen LogP contribution is 2.35. The molecule has 0 bridgehead atoms. The van der Waals surface area contributed by atoms with Gasteiger partial charge in [-0.15, -0.1) is 0 Å². The number of halogens is 5. The summed E-state index contributed by atoms with van der Waals surface area (Å²) in [6, 6.07) is 5.73. The van der Waals surface area contributed by atoms with Crippen molar-refractivity contribution in [2.75, 3.05) is 0 Å². The largest absolute Gasteiger partial charge is 0.455 e. The molecule has 2 aromatic rings. The fourth-order valence-electron chi connectivity index (χ4n) is 1.59. The van der Waals surface area contributed by atoms with Crippen LogP contribution in [0.15, 0.2) is 36.4 Å². The van der Waals surface area contributed by atoms with Gasteiger partial charge in [-0.3, -0.25) is 4.79 Å². The van der Waals surface area contributed by atoms with Gasteiger partial charge in [-0.05, 0) is 36.4 Å². The van der Waals surface area contributed by atoms with Gasteiger partial charge in [0.15, 0.2) is 6.29 Å². The molecule has 110 valence electrons. The summed E-state index contributed by atoms with van der Waals surface area (Å²) >= 11 is 5.75. The molecule has 0 saturated carbocycles. The van der Waals surface area contributed by atoms with Crippen LogP contribution >= 0.6 is 11.6 Å². The van der Waals surface area contributed by atoms with Crippen LogP contribution in [0.1, 0.15) is 15.9 Å². The summed E-state index contributed by atoms with van der Waals surface area (Å²) in [6.45, 7) is 0. The van der Waals surface area contributed by atoms with Gasteiger partial charge in [0, 0.05) is 0 Å². The van der Waals surface area contributed by atoms with Gasteiger partial charge in [0.2, 0.25) is 0 Å². The summed E-state index contributed by atoms with van der Waals surface area (Å²) in [5, 5.41) is -0.0632. The quantitative estimate of drug-likeness (QED) is 0.581. The minimum Gasteiger partial charge on any atom is -0.455 e. The number of rotatable bonds is 3. The van der Waals surface area contributed by atoms with Crippen LogP contribution in [0, 0.1) is 5.82 Å². The van der Waals surface area contributed by atoms with Crippen LogP contribution in [0.3, 0.4) is 0 Å². The molecule has 0 aliphatic carbocycles. The maximum atomic E-state index is 12.9. The first kappa shape index (κ1) is 15.3. The smallest absolute Gasteiger partial charge is 0.416 e. The molecule has 0 aliphatic heterocycles. The molecule has 0 saturated heterocycles.